The van der Waals surface area contributed by atoms with Crippen molar-refractivity contribution < 1.29 is 14.3 Å². The third kappa shape index (κ3) is 5.21. The lowest BCUT2D eigenvalue weighted by Gasteiger charge is -2.32. The maximum Gasteiger partial charge on any atom is 0.185 e. The van der Waals surface area contributed by atoms with Gasteiger partial charge in [-0.15, -0.1) is 0 Å². The topological polar surface area (TPSA) is 42.0 Å². The van der Waals surface area contributed by atoms with Gasteiger partial charge in [-0.2, -0.15) is 0 Å². The Morgan fingerprint density at radius 3 is 2.36 bits per heavy atom. The Labute approximate surface area is 167 Å². The van der Waals surface area contributed by atoms with Gasteiger partial charge in [-0.05, 0) is 43.0 Å². The molecule has 1 heterocycles. The molecule has 0 atom stereocenters. The monoisotopic (exact) mass is 380 g/mol. The molecular weight excluding hydrogens is 352 g/mol. The van der Waals surface area contributed by atoms with Crippen LogP contribution >= 0.6 is 0 Å². The summed E-state index contributed by atoms with van der Waals surface area (Å²) < 4.78 is 10.6. The van der Waals surface area contributed by atoms with Crippen LogP contribution in [0, 0.1) is 0 Å². The summed E-state index contributed by atoms with van der Waals surface area (Å²) in [6.45, 7) is 5.31. The lowest BCUT2D eigenvalue weighted by molar-refractivity contribution is 0.104. The number of piperazine rings is 1. The van der Waals surface area contributed by atoms with Crippen molar-refractivity contribution in [2.45, 2.75) is 6.54 Å². The van der Waals surface area contributed by atoms with Crippen molar-refractivity contribution >= 4 is 11.9 Å². The molecule has 2 aromatic carbocycles. The Morgan fingerprint density at radius 1 is 1.00 bits per heavy atom. The maximum absolute atomic E-state index is 12.5. The highest BCUT2D eigenvalue weighted by molar-refractivity contribution is 6.07. The van der Waals surface area contributed by atoms with E-state index in [9.17, 15) is 4.79 Å². The summed E-state index contributed by atoms with van der Waals surface area (Å²) in [7, 11) is 5.39. The zero-order valence-corrected chi connectivity index (χ0v) is 16.9. The molecule has 5 heteroatoms. The van der Waals surface area contributed by atoms with Gasteiger partial charge in [0.2, 0.25) is 0 Å². The van der Waals surface area contributed by atoms with Crippen molar-refractivity contribution in [2.75, 3.05) is 47.4 Å². The quantitative estimate of drug-likeness (QED) is 0.544. The molecule has 0 bridgehead atoms. The second-order valence-electron chi connectivity index (χ2n) is 7.08. The standard InChI is InChI=1S/C23H28N2O3/c1-24-12-14-25(15-13-24)17-18-4-6-19(7-5-18)22(26)10-8-20-16-21(27-2)9-11-23(20)28-3/h4-11,16H,12-15,17H2,1-3H3. The van der Waals surface area contributed by atoms with E-state index >= 15 is 0 Å². The van der Waals surface area contributed by atoms with Crippen LogP contribution in [-0.4, -0.2) is 63.0 Å². The van der Waals surface area contributed by atoms with Gasteiger partial charge in [0.05, 0.1) is 14.2 Å². The number of ether oxygens (including phenoxy) is 2. The fraction of sp³-hybridized carbons (Fsp3) is 0.348. The molecule has 3 rings (SSSR count). The van der Waals surface area contributed by atoms with Crippen LogP contribution in [0.2, 0.25) is 0 Å². The van der Waals surface area contributed by atoms with Gasteiger partial charge < -0.3 is 14.4 Å². The van der Waals surface area contributed by atoms with Crippen molar-refractivity contribution in [3.05, 3.63) is 65.2 Å². The van der Waals surface area contributed by atoms with Gasteiger partial charge in [-0.3, -0.25) is 9.69 Å². The number of ketones is 1. The second-order valence-corrected chi connectivity index (χ2v) is 7.08. The first-order valence-electron chi connectivity index (χ1n) is 9.53. The first-order chi connectivity index (χ1) is 13.6. The summed E-state index contributed by atoms with van der Waals surface area (Å²) >= 11 is 0. The highest BCUT2D eigenvalue weighted by atomic mass is 16.5. The van der Waals surface area contributed by atoms with Gasteiger partial charge in [-0.1, -0.05) is 24.3 Å². The molecule has 1 fully saturated rings. The van der Waals surface area contributed by atoms with Gasteiger partial charge in [-0.25, -0.2) is 0 Å². The number of methoxy groups -OCH3 is 2. The highest BCUT2D eigenvalue weighted by Gasteiger charge is 2.14. The molecule has 0 aromatic heterocycles. The number of nitrogens with zero attached hydrogens (tertiary/aromatic N) is 2. The molecule has 0 spiro atoms. The number of likely N-dealkylation sites (N-methyl/N-ethyl adjacent to an activating group) is 1. The van der Waals surface area contributed by atoms with Crippen molar-refractivity contribution in [3.8, 4) is 11.5 Å². The lowest BCUT2D eigenvalue weighted by atomic mass is 10.1. The first-order valence-corrected chi connectivity index (χ1v) is 9.53. The minimum atomic E-state index is -0.0315. The average Bonchev–Trinajstić information content (AvgIpc) is 2.74. The molecule has 0 N–H and O–H groups in total. The Kier molecular flexibility index (Phi) is 6.85. The molecule has 0 radical (unpaired) electrons. The zero-order chi connectivity index (χ0) is 19.9. The number of carbonyl (C=O) groups excluding carboxylic acids is 1. The first kappa shape index (κ1) is 20.1. The summed E-state index contributed by atoms with van der Waals surface area (Å²) in [5.41, 5.74) is 2.72. The Bertz CT molecular complexity index is 822. The van der Waals surface area contributed by atoms with Crippen LogP contribution in [0.1, 0.15) is 21.5 Å². The van der Waals surface area contributed by atoms with Gasteiger partial charge >= 0.3 is 0 Å². The Morgan fingerprint density at radius 2 is 1.71 bits per heavy atom. The van der Waals surface area contributed by atoms with E-state index in [1.807, 2.05) is 42.5 Å². The van der Waals surface area contributed by atoms with Crippen molar-refractivity contribution in [3.63, 3.8) is 0 Å². The smallest absolute Gasteiger partial charge is 0.185 e. The largest absolute Gasteiger partial charge is 0.497 e. The van der Waals surface area contributed by atoms with Crippen molar-refractivity contribution in [1.29, 1.82) is 0 Å². The fourth-order valence-corrected chi connectivity index (χ4v) is 3.27. The third-order valence-corrected chi connectivity index (χ3v) is 5.09. The second kappa shape index (κ2) is 9.53. The number of carbonyl (C=O) groups is 1. The summed E-state index contributed by atoms with van der Waals surface area (Å²) in [4.78, 5) is 17.3. The normalized spacial score (nSPS) is 15.7. The molecule has 2 aromatic rings. The van der Waals surface area contributed by atoms with Gasteiger partial charge in [0.15, 0.2) is 5.78 Å². The molecule has 0 aliphatic carbocycles. The molecule has 1 saturated heterocycles. The average molecular weight is 380 g/mol. The molecule has 1 aliphatic rings. The van der Waals surface area contributed by atoms with Crippen molar-refractivity contribution in [2.24, 2.45) is 0 Å². The van der Waals surface area contributed by atoms with Crippen LogP contribution in [0.5, 0.6) is 11.5 Å². The van der Waals surface area contributed by atoms with E-state index in [2.05, 4.69) is 16.8 Å². The Hall–Kier alpha value is -2.63. The van der Waals surface area contributed by atoms with E-state index in [4.69, 9.17) is 9.47 Å². The molecule has 5 nitrogen and oxygen atoms in total. The minimum Gasteiger partial charge on any atom is -0.497 e. The highest BCUT2D eigenvalue weighted by Crippen LogP contribution is 2.25. The van der Waals surface area contributed by atoms with Gasteiger partial charge in [0.25, 0.3) is 0 Å². The molecule has 1 aliphatic heterocycles. The molecule has 0 saturated carbocycles. The number of rotatable bonds is 7. The van der Waals surface area contributed by atoms with Gasteiger partial charge in [0, 0.05) is 43.9 Å². The molecule has 0 amide bonds. The fourth-order valence-electron chi connectivity index (χ4n) is 3.27. The number of hydrogen-bond acceptors (Lipinski definition) is 5. The van der Waals surface area contributed by atoms with Crippen LogP contribution in [0.4, 0.5) is 0 Å². The van der Waals surface area contributed by atoms with E-state index in [0.717, 1.165) is 44.0 Å². The summed E-state index contributed by atoms with van der Waals surface area (Å²) in [6, 6.07) is 13.4. The summed E-state index contributed by atoms with van der Waals surface area (Å²) in [5.74, 6) is 1.39. The van der Waals surface area contributed by atoms with Crippen LogP contribution in [0.15, 0.2) is 48.5 Å². The van der Waals surface area contributed by atoms with E-state index in [1.54, 1.807) is 26.4 Å². The molecule has 0 unspecified atom stereocenters. The summed E-state index contributed by atoms with van der Waals surface area (Å²) in [6.07, 6.45) is 3.34. The number of hydrogen-bond donors (Lipinski definition) is 0. The molecular formula is C23H28N2O3. The predicted octanol–water partition coefficient (Wildman–Crippen LogP) is 3.35. The maximum atomic E-state index is 12.5. The van der Waals surface area contributed by atoms with Gasteiger partial charge in [0.1, 0.15) is 11.5 Å². The lowest BCUT2D eigenvalue weighted by Crippen LogP contribution is -2.43. The molecule has 148 valence electrons. The van der Waals surface area contributed by atoms with E-state index in [1.165, 1.54) is 5.56 Å². The zero-order valence-electron chi connectivity index (χ0n) is 16.9. The third-order valence-electron chi connectivity index (χ3n) is 5.09. The number of allylic oxidation sites excluding steroid dienone is 1. The van der Waals surface area contributed by atoms with E-state index < -0.39 is 0 Å². The van der Waals surface area contributed by atoms with E-state index in [0.29, 0.717) is 11.3 Å². The predicted molar refractivity (Wildman–Crippen MR) is 112 cm³/mol. The Balaban J connectivity index is 1.64. The number of benzene rings is 2. The van der Waals surface area contributed by atoms with Crippen LogP contribution in [-0.2, 0) is 6.54 Å². The summed E-state index contributed by atoms with van der Waals surface area (Å²) in [5, 5.41) is 0. The van der Waals surface area contributed by atoms with Crippen LogP contribution in [0.25, 0.3) is 6.08 Å². The van der Waals surface area contributed by atoms with Crippen molar-refractivity contribution in [1.82, 2.24) is 9.80 Å². The SMILES string of the molecule is COc1ccc(OC)c(C=CC(=O)c2ccc(CN3CCN(C)CC3)cc2)c1. The van der Waals surface area contributed by atoms with E-state index in [-0.39, 0.29) is 5.78 Å². The van der Waals surface area contributed by atoms with Crippen LogP contribution < -0.4 is 9.47 Å². The van der Waals surface area contributed by atoms with Crippen LogP contribution in [0.3, 0.4) is 0 Å². The minimum absolute atomic E-state index is 0.0315. The molecule has 28 heavy (non-hydrogen) atoms.